The summed E-state index contributed by atoms with van der Waals surface area (Å²) in [5.41, 5.74) is -3.31. The van der Waals surface area contributed by atoms with Crippen LogP contribution in [0, 0.1) is 11.7 Å². The number of amides is 1. The molecule has 2 aromatic carbocycles. The Labute approximate surface area is 202 Å². The molecule has 0 aromatic heterocycles. The van der Waals surface area contributed by atoms with Crippen LogP contribution in [0.5, 0.6) is 0 Å². The molecule has 0 radical (unpaired) electrons. The van der Waals surface area contributed by atoms with E-state index in [9.17, 15) is 40.6 Å². The van der Waals surface area contributed by atoms with Crippen LogP contribution in [0.4, 0.5) is 30.7 Å². The van der Waals surface area contributed by atoms with Crippen molar-refractivity contribution in [2.75, 3.05) is 0 Å². The van der Waals surface area contributed by atoms with E-state index in [1.54, 1.807) is 6.92 Å². The monoisotopic (exact) mass is 519 g/mol. The molecule has 4 nitrogen and oxygen atoms in total. The first-order valence-corrected chi connectivity index (χ1v) is 11.3. The molecule has 1 aliphatic carbocycles. The maximum absolute atomic E-state index is 13.6. The summed E-state index contributed by atoms with van der Waals surface area (Å²) in [6.07, 6.45) is -10.7. The second-order valence-corrected chi connectivity index (χ2v) is 9.65. The molecule has 1 saturated heterocycles. The third-order valence-electron chi connectivity index (χ3n) is 7.11. The molecule has 196 valence electrons. The van der Waals surface area contributed by atoms with E-state index < -0.39 is 65.5 Å². The summed E-state index contributed by atoms with van der Waals surface area (Å²) in [6, 6.07) is 6.88. The number of hydrogen-bond acceptors (Lipinski definition) is 3. The predicted octanol–water partition coefficient (Wildman–Crippen LogP) is 5.58. The van der Waals surface area contributed by atoms with Crippen molar-refractivity contribution in [3.8, 4) is 0 Å². The molecule has 5 atom stereocenters. The average molecular weight is 519 g/mol. The van der Waals surface area contributed by atoms with Gasteiger partial charge >= 0.3 is 12.4 Å². The summed E-state index contributed by atoms with van der Waals surface area (Å²) in [5, 5.41) is 12.8. The van der Waals surface area contributed by atoms with Crippen molar-refractivity contribution in [3.63, 3.8) is 0 Å². The van der Waals surface area contributed by atoms with E-state index >= 15 is 0 Å². The second kappa shape index (κ2) is 9.33. The summed E-state index contributed by atoms with van der Waals surface area (Å²) in [6.45, 7) is 1.26. The Morgan fingerprint density at radius 2 is 1.58 bits per heavy atom. The molecule has 0 unspecified atom stereocenters. The number of halogens is 7. The van der Waals surface area contributed by atoms with Gasteiger partial charge in [0.05, 0.1) is 23.8 Å². The van der Waals surface area contributed by atoms with Gasteiger partial charge in [0.1, 0.15) is 11.9 Å². The highest BCUT2D eigenvalue weighted by molar-refractivity contribution is 5.84. The van der Waals surface area contributed by atoms with E-state index in [0.717, 1.165) is 0 Å². The van der Waals surface area contributed by atoms with E-state index in [-0.39, 0.29) is 24.0 Å². The quantitative estimate of drug-likeness (QED) is 0.507. The summed E-state index contributed by atoms with van der Waals surface area (Å²) < 4.78 is 98.9. The van der Waals surface area contributed by atoms with Crippen molar-refractivity contribution in [3.05, 3.63) is 70.5 Å². The number of aliphatic hydroxyl groups is 1. The summed E-state index contributed by atoms with van der Waals surface area (Å²) in [7, 11) is 0. The zero-order chi connectivity index (χ0) is 26.5. The minimum Gasteiger partial charge on any atom is -0.383 e. The summed E-state index contributed by atoms with van der Waals surface area (Å²) in [5.74, 6) is -1.73. The molecule has 2 aliphatic rings. The molecule has 4 rings (SSSR count). The topological polar surface area (TPSA) is 58.6 Å². The van der Waals surface area contributed by atoms with E-state index in [1.807, 2.05) is 0 Å². The fourth-order valence-corrected chi connectivity index (χ4v) is 5.46. The van der Waals surface area contributed by atoms with Gasteiger partial charge in [-0.25, -0.2) is 4.39 Å². The first kappa shape index (κ1) is 26.4. The van der Waals surface area contributed by atoms with Crippen LogP contribution in [0.1, 0.15) is 54.4 Å². The molecular weight excluding hydrogens is 495 g/mol. The molecule has 36 heavy (non-hydrogen) atoms. The Balaban J connectivity index is 1.63. The molecule has 1 saturated carbocycles. The highest BCUT2D eigenvalue weighted by atomic mass is 19.4. The summed E-state index contributed by atoms with van der Waals surface area (Å²) in [4.78, 5) is 12.0. The highest BCUT2D eigenvalue weighted by Gasteiger charge is 2.52. The minimum atomic E-state index is -4.97. The van der Waals surface area contributed by atoms with Crippen molar-refractivity contribution in [2.24, 2.45) is 5.92 Å². The van der Waals surface area contributed by atoms with Crippen LogP contribution >= 0.6 is 0 Å². The van der Waals surface area contributed by atoms with Crippen LogP contribution in [0.15, 0.2) is 42.5 Å². The molecule has 0 bridgehead atoms. The van der Waals surface area contributed by atoms with Gasteiger partial charge in [0.25, 0.3) is 0 Å². The van der Waals surface area contributed by atoms with Gasteiger partial charge in [0.2, 0.25) is 5.91 Å². The average Bonchev–Trinajstić information content (AvgIpc) is 3.32. The lowest BCUT2D eigenvalue weighted by Crippen LogP contribution is -2.47. The van der Waals surface area contributed by atoms with E-state index in [2.05, 4.69) is 5.32 Å². The predicted molar refractivity (Wildman–Crippen MR) is 114 cm³/mol. The van der Waals surface area contributed by atoms with Crippen molar-refractivity contribution in [2.45, 2.75) is 68.8 Å². The molecule has 11 heteroatoms. The molecule has 0 spiro atoms. The Hall–Kier alpha value is -2.66. The minimum absolute atomic E-state index is 0.0609. The van der Waals surface area contributed by atoms with Crippen LogP contribution in [0.2, 0.25) is 0 Å². The third-order valence-corrected chi connectivity index (χ3v) is 7.11. The van der Waals surface area contributed by atoms with Gasteiger partial charge < -0.3 is 15.2 Å². The largest absolute Gasteiger partial charge is 0.416 e. The van der Waals surface area contributed by atoms with Crippen molar-refractivity contribution < 1.29 is 45.4 Å². The number of ether oxygens (including phenoxy) is 1. The Bertz CT molecular complexity index is 1080. The van der Waals surface area contributed by atoms with Gasteiger partial charge in [-0.15, -0.1) is 0 Å². The Morgan fingerprint density at radius 1 is 1.00 bits per heavy atom. The van der Waals surface area contributed by atoms with Crippen LogP contribution in [-0.4, -0.2) is 28.8 Å². The third kappa shape index (κ3) is 5.36. The maximum Gasteiger partial charge on any atom is 0.416 e. The molecule has 1 aliphatic heterocycles. The van der Waals surface area contributed by atoms with Gasteiger partial charge in [-0.3, -0.25) is 4.79 Å². The van der Waals surface area contributed by atoms with E-state index in [4.69, 9.17) is 4.74 Å². The van der Waals surface area contributed by atoms with Crippen LogP contribution in [0.3, 0.4) is 0 Å². The van der Waals surface area contributed by atoms with Gasteiger partial charge in [0, 0.05) is 17.9 Å². The van der Waals surface area contributed by atoms with Crippen molar-refractivity contribution in [1.29, 1.82) is 0 Å². The molecule has 2 N–H and O–H groups in total. The number of carbonyl (C=O) groups excluding carboxylic acids is 1. The fraction of sp³-hybridized carbons (Fsp3) is 0.480. The van der Waals surface area contributed by atoms with E-state index in [0.29, 0.717) is 30.5 Å². The number of alkyl halides is 6. The standard InChI is InChI=1S/C25H24F7NO3/c1-23(11-19(34)22(35)33-23)18-6-7-20(21(18)14-2-4-17(26)5-3-14)36-12-13-8-15(24(27,28)29)10-16(9-13)25(30,31)32/h2-5,8-10,18-21,34H,6-7,11-12H2,1H3,(H,33,35)/t18-,19+,20+,21+,23+/m1/s1. The number of aliphatic hydroxyl groups excluding tert-OH is 1. The Morgan fingerprint density at radius 3 is 2.08 bits per heavy atom. The lowest BCUT2D eigenvalue weighted by atomic mass is 9.74. The highest BCUT2D eigenvalue weighted by Crippen LogP contribution is 2.49. The first-order valence-electron chi connectivity index (χ1n) is 11.3. The zero-order valence-corrected chi connectivity index (χ0v) is 19.1. The smallest absolute Gasteiger partial charge is 0.383 e. The lowest BCUT2D eigenvalue weighted by molar-refractivity contribution is -0.143. The number of carbonyl (C=O) groups is 1. The van der Waals surface area contributed by atoms with Crippen LogP contribution < -0.4 is 5.32 Å². The van der Waals surface area contributed by atoms with Crippen LogP contribution in [-0.2, 0) is 28.5 Å². The normalized spacial score (nSPS) is 29.0. The molecular formula is C25H24F7NO3. The second-order valence-electron chi connectivity index (χ2n) is 9.65. The number of nitrogens with one attached hydrogen (secondary N) is 1. The van der Waals surface area contributed by atoms with Gasteiger partial charge in [-0.1, -0.05) is 12.1 Å². The summed E-state index contributed by atoms with van der Waals surface area (Å²) >= 11 is 0. The number of rotatable bonds is 5. The van der Waals surface area contributed by atoms with Crippen molar-refractivity contribution in [1.82, 2.24) is 5.32 Å². The molecule has 1 heterocycles. The van der Waals surface area contributed by atoms with Gasteiger partial charge in [-0.05, 0) is 67.1 Å². The number of benzene rings is 2. The molecule has 1 amide bonds. The SMILES string of the molecule is C[C@@]1([C@@H]2CC[C@H](OCc3cc(C(F)(F)F)cc(C(F)(F)F)c3)[C@H]2c2ccc(F)cc2)C[C@H](O)C(=O)N1. The number of hydrogen-bond donors (Lipinski definition) is 2. The zero-order valence-electron chi connectivity index (χ0n) is 19.1. The van der Waals surface area contributed by atoms with Gasteiger partial charge in [-0.2, -0.15) is 26.3 Å². The molecule has 2 fully saturated rings. The van der Waals surface area contributed by atoms with Crippen LogP contribution in [0.25, 0.3) is 0 Å². The first-order chi connectivity index (χ1) is 16.7. The lowest BCUT2D eigenvalue weighted by Gasteiger charge is -2.37. The Kier molecular flexibility index (Phi) is 6.85. The molecule has 2 aromatic rings. The van der Waals surface area contributed by atoms with E-state index in [1.165, 1.54) is 24.3 Å². The fourth-order valence-electron chi connectivity index (χ4n) is 5.46. The van der Waals surface area contributed by atoms with Crippen molar-refractivity contribution >= 4 is 5.91 Å². The maximum atomic E-state index is 13.6. The van der Waals surface area contributed by atoms with Gasteiger partial charge in [0.15, 0.2) is 0 Å².